The van der Waals surface area contributed by atoms with Crippen molar-refractivity contribution in [3.63, 3.8) is 0 Å². The maximum absolute atomic E-state index is 14.0. The van der Waals surface area contributed by atoms with Crippen molar-refractivity contribution in [2.45, 2.75) is 44.6 Å². The number of hydrogen-bond donors (Lipinski definition) is 1. The Balaban J connectivity index is 1.82. The molecule has 208 valence electrons. The third-order valence-electron chi connectivity index (χ3n) is 8.06. The number of fused-ring (bicyclic) bond motifs is 1. The molecule has 0 fully saturated rings. The molecule has 41 heavy (non-hydrogen) atoms. The molecule has 5 aromatic rings. The van der Waals surface area contributed by atoms with Crippen LogP contribution in [-0.4, -0.2) is 32.2 Å². The number of aromatic nitrogens is 3. The molecule has 0 spiro atoms. The minimum atomic E-state index is -0.859. The lowest BCUT2D eigenvalue weighted by Gasteiger charge is -2.38. The average Bonchev–Trinajstić information content (AvgIpc) is 3.40. The van der Waals surface area contributed by atoms with Gasteiger partial charge in [0.15, 0.2) is 0 Å². The number of rotatable bonds is 8. The fourth-order valence-electron chi connectivity index (χ4n) is 5.31. The molecule has 1 aromatic heterocycles. The molecule has 7 heteroatoms. The zero-order valence-corrected chi connectivity index (χ0v) is 23.5. The molecular formula is C34H32FN3O3. The van der Waals surface area contributed by atoms with E-state index in [1.165, 1.54) is 16.9 Å². The predicted molar refractivity (Wildman–Crippen MR) is 158 cm³/mol. The highest BCUT2D eigenvalue weighted by Gasteiger charge is 2.40. The second kappa shape index (κ2) is 10.7. The van der Waals surface area contributed by atoms with E-state index >= 15 is 0 Å². The first-order valence-electron chi connectivity index (χ1n) is 13.4. The topological polar surface area (TPSA) is 77.2 Å². The van der Waals surface area contributed by atoms with E-state index < -0.39 is 28.7 Å². The summed E-state index contributed by atoms with van der Waals surface area (Å²) in [5.74, 6) is -0.969. The fraction of sp³-hybridized carbons (Fsp3) is 0.206. The monoisotopic (exact) mass is 549 g/mol. The zero-order valence-electron chi connectivity index (χ0n) is 23.5. The Morgan fingerprint density at radius 1 is 0.902 bits per heavy atom. The van der Waals surface area contributed by atoms with Gasteiger partial charge in [0.25, 0.3) is 0 Å². The van der Waals surface area contributed by atoms with Gasteiger partial charge in [-0.05, 0) is 48.7 Å². The van der Waals surface area contributed by atoms with Gasteiger partial charge < -0.3 is 9.84 Å². The number of ether oxygens (including phenoxy) is 1. The van der Waals surface area contributed by atoms with Crippen molar-refractivity contribution in [2.24, 2.45) is 0 Å². The molecule has 0 amide bonds. The summed E-state index contributed by atoms with van der Waals surface area (Å²) in [6, 6.07) is 27.6. The summed E-state index contributed by atoms with van der Waals surface area (Å²) in [4.78, 5) is 13.7. The van der Waals surface area contributed by atoms with Crippen LogP contribution in [0.25, 0.3) is 16.7 Å². The highest BCUT2D eigenvalue weighted by Crippen LogP contribution is 2.45. The van der Waals surface area contributed by atoms with Crippen LogP contribution in [0.3, 0.4) is 0 Å². The summed E-state index contributed by atoms with van der Waals surface area (Å²) < 4.78 is 19.8. The first-order chi connectivity index (χ1) is 19.5. The maximum Gasteiger partial charge on any atom is 0.330 e. The quantitative estimate of drug-likeness (QED) is 0.166. The Labute approximate surface area is 238 Å². The Morgan fingerprint density at radius 2 is 1.51 bits per heavy atom. The number of carbonyl (C=O) groups is 1. The van der Waals surface area contributed by atoms with E-state index in [0.717, 1.165) is 22.8 Å². The Kier molecular flexibility index (Phi) is 7.22. The van der Waals surface area contributed by atoms with E-state index in [9.17, 15) is 14.3 Å². The minimum Gasteiger partial charge on any atom is -0.505 e. The van der Waals surface area contributed by atoms with Gasteiger partial charge in [0.2, 0.25) is 0 Å². The first kappa shape index (κ1) is 27.8. The summed E-state index contributed by atoms with van der Waals surface area (Å²) in [5.41, 5.74) is 2.97. The number of nitrogens with zero attached hydrogens (tertiary/aromatic N) is 3. The fourth-order valence-corrected chi connectivity index (χ4v) is 5.31. The zero-order chi connectivity index (χ0) is 29.4. The third kappa shape index (κ3) is 4.99. The molecule has 0 saturated heterocycles. The van der Waals surface area contributed by atoms with Gasteiger partial charge >= 0.3 is 5.97 Å². The molecule has 0 bridgehead atoms. The Hall–Kier alpha value is -4.78. The number of esters is 1. The Bertz CT molecular complexity index is 1730. The van der Waals surface area contributed by atoms with Crippen molar-refractivity contribution < 1.29 is 19.0 Å². The predicted octanol–water partition coefficient (Wildman–Crippen LogP) is 7.01. The van der Waals surface area contributed by atoms with Gasteiger partial charge in [-0.25, -0.2) is 9.18 Å². The summed E-state index contributed by atoms with van der Waals surface area (Å²) in [6.45, 7) is 11.5. The number of hydrogen-bond acceptors (Lipinski definition) is 5. The SMILES string of the molecule is C=CC(=O)OC(C)C(C)(c1ccccc1)c1cc(-n2nc3ccc(F)cc3n2)c(O)c(C(C)(C)c2ccccc2)c1. The summed E-state index contributed by atoms with van der Waals surface area (Å²) in [5, 5.41) is 20.9. The van der Waals surface area contributed by atoms with Crippen LogP contribution >= 0.6 is 0 Å². The minimum absolute atomic E-state index is 0.00506. The lowest BCUT2D eigenvalue weighted by molar-refractivity contribution is -0.144. The standard InChI is InChI=1S/C34H32FN3O3/c1-6-31(39)41-22(2)34(5,24-15-11-8-12-16-24)25-19-27(33(3,4)23-13-9-7-10-14-23)32(40)30(20-25)38-36-28-18-17-26(35)21-29(28)37-38/h6-22,40H,1H2,2-5H3. The number of phenolic OH excluding ortho intramolecular Hbond substituents is 1. The van der Waals surface area contributed by atoms with Gasteiger partial charge in [-0.2, -0.15) is 0 Å². The lowest BCUT2D eigenvalue weighted by Crippen LogP contribution is -2.39. The third-order valence-corrected chi connectivity index (χ3v) is 8.06. The van der Waals surface area contributed by atoms with Crippen molar-refractivity contribution in [1.29, 1.82) is 0 Å². The van der Waals surface area contributed by atoms with Crippen molar-refractivity contribution in [3.05, 3.63) is 132 Å². The van der Waals surface area contributed by atoms with Crippen LogP contribution < -0.4 is 0 Å². The second-order valence-corrected chi connectivity index (χ2v) is 10.9. The van der Waals surface area contributed by atoms with E-state index in [0.29, 0.717) is 22.3 Å². The molecule has 0 aliphatic heterocycles. The first-order valence-corrected chi connectivity index (χ1v) is 13.4. The van der Waals surface area contributed by atoms with E-state index in [2.05, 4.69) is 16.8 Å². The highest BCUT2D eigenvalue weighted by molar-refractivity contribution is 5.81. The summed E-state index contributed by atoms with van der Waals surface area (Å²) in [7, 11) is 0. The van der Waals surface area contributed by atoms with Crippen molar-refractivity contribution >= 4 is 17.0 Å². The van der Waals surface area contributed by atoms with E-state index in [-0.39, 0.29) is 5.75 Å². The molecule has 1 N–H and O–H groups in total. The smallest absolute Gasteiger partial charge is 0.330 e. The normalized spacial score (nSPS) is 13.9. The van der Waals surface area contributed by atoms with Gasteiger partial charge in [-0.1, -0.05) is 87.2 Å². The molecule has 0 saturated carbocycles. The molecule has 6 nitrogen and oxygen atoms in total. The number of phenols is 1. The Morgan fingerprint density at radius 3 is 2.15 bits per heavy atom. The van der Waals surface area contributed by atoms with Gasteiger partial charge in [0.1, 0.15) is 34.4 Å². The van der Waals surface area contributed by atoms with Crippen LogP contribution in [0.2, 0.25) is 0 Å². The maximum atomic E-state index is 14.0. The van der Waals surface area contributed by atoms with Crippen LogP contribution in [0.5, 0.6) is 5.75 Å². The summed E-state index contributed by atoms with van der Waals surface area (Å²) in [6.07, 6.45) is 0.520. The van der Waals surface area contributed by atoms with Gasteiger partial charge in [-0.3, -0.25) is 0 Å². The van der Waals surface area contributed by atoms with E-state index in [4.69, 9.17) is 4.74 Å². The average molecular weight is 550 g/mol. The molecule has 2 atom stereocenters. The molecular weight excluding hydrogens is 517 g/mol. The highest BCUT2D eigenvalue weighted by atomic mass is 19.1. The van der Waals surface area contributed by atoms with Crippen molar-refractivity contribution in [1.82, 2.24) is 15.0 Å². The number of carbonyl (C=O) groups excluding carboxylic acids is 1. The van der Waals surface area contributed by atoms with Gasteiger partial charge in [0.05, 0.1) is 5.41 Å². The lowest BCUT2D eigenvalue weighted by atomic mass is 9.69. The molecule has 5 rings (SSSR count). The number of halogens is 1. The number of aromatic hydroxyl groups is 1. The van der Waals surface area contributed by atoms with Gasteiger partial charge in [0, 0.05) is 23.1 Å². The van der Waals surface area contributed by atoms with Crippen LogP contribution in [0.15, 0.2) is 104 Å². The molecule has 0 aliphatic rings. The van der Waals surface area contributed by atoms with Crippen molar-refractivity contribution in [2.75, 3.05) is 0 Å². The molecule has 1 heterocycles. The second-order valence-electron chi connectivity index (χ2n) is 10.9. The molecule has 2 unspecified atom stereocenters. The van der Waals surface area contributed by atoms with Crippen LogP contribution in [0, 0.1) is 5.82 Å². The van der Waals surface area contributed by atoms with Gasteiger partial charge in [-0.15, -0.1) is 15.0 Å². The van der Waals surface area contributed by atoms with Crippen LogP contribution in [0.4, 0.5) is 4.39 Å². The molecule has 4 aromatic carbocycles. The number of benzene rings is 4. The van der Waals surface area contributed by atoms with Crippen LogP contribution in [0.1, 0.15) is 49.9 Å². The van der Waals surface area contributed by atoms with Crippen molar-refractivity contribution in [3.8, 4) is 11.4 Å². The molecule has 0 radical (unpaired) electrons. The largest absolute Gasteiger partial charge is 0.505 e. The van der Waals surface area contributed by atoms with Crippen LogP contribution in [-0.2, 0) is 20.4 Å². The van der Waals surface area contributed by atoms with E-state index in [1.807, 2.05) is 94.4 Å². The summed E-state index contributed by atoms with van der Waals surface area (Å²) >= 11 is 0. The molecule has 0 aliphatic carbocycles. The van der Waals surface area contributed by atoms with E-state index in [1.54, 1.807) is 12.1 Å².